The van der Waals surface area contributed by atoms with Crippen LogP contribution in [-0.2, 0) is 22.4 Å². The molecular weight excluding hydrogens is 331 g/mol. The molecule has 0 unspecified atom stereocenters. The van der Waals surface area contributed by atoms with Gasteiger partial charge in [-0.2, -0.15) is 5.26 Å². The van der Waals surface area contributed by atoms with Gasteiger partial charge in [0.05, 0.1) is 11.1 Å². The summed E-state index contributed by atoms with van der Waals surface area (Å²) in [5.74, 6) is -2.17. The number of thiophene rings is 1. The highest BCUT2D eigenvalue weighted by Crippen LogP contribution is 2.38. The van der Waals surface area contributed by atoms with E-state index in [2.05, 4.69) is 11.4 Å². The molecule has 0 bridgehead atoms. The van der Waals surface area contributed by atoms with Crippen molar-refractivity contribution in [1.29, 1.82) is 5.26 Å². The molecule has 1 aliphatic rings. The molecule has 2 aromatic rings. The number of benzene rings is 1. The molecule has 0 atom stereocenters. The molecule has 1 heterocycles. The van der Waals surface area contributed by atoms with E-state index in [0.717, 1.165) is 35.8 Å². The summed E-state index contributed by atoms with van der Waals surface area (Å²) in [6.45, 7) is -0.541. The Morgan fingerprint density at radius 3 is 2.88 bits per heavy atom. The van der Waals surface area contributed by atoms with Gasteiger partial charge in [-0.3, -0.25) is 4.79 Å². The highest BCUT2D eigenvalue weighted by molar-refractivity contribution is 7.16. The molecule has 1 aromatic heterocycles. The zero-order valence-corrected chi connectivity index (χ0v) is 13.4. The highest BCUT2D eigenvalue weighted by Gasteiger charge is 2.23. The Hall–Kier alpha value is -2.72. The topological polar surface area (TPSA) is 79.2 Å². The van der Waals surface area contributed by atoms with E-state index < -0.39 is 24.3 Å². The molecule has 24 heavy (non-hydrogen) atoms. The first-order valence-corrected chi connectivity index (χ1v) is 8.18. The second-order valence-corrected chi connectivity index (χ2v) is 6.38. The van der Waals surface area contributed by atoms with Gasteiger partial charge < -0.3 is 10.1 Å². The number of halogens is 1. The maximum absolute atomic E-state index is 13.5. The van der Waals surface area contributed by atoms with Crippen LogP contribution >= 0.6 is 11.3 Å². The van der Waals surface area contributed by atoms with E-state index in [9.17, 15) is 19.2 Å². The lowest BCUT2D eigenvalue weighted by atomic mass is 10.1. The van der Waals surface area contributed by atoms with Gasteiger partial charge in [-0.1, -0.05) is 12.1 Å². The minimum atomic E-state index is -0.905. The van der Waals surface area contributed by atoms with Crippen LogP contribution in [0, 0.1) is 17.1 Å². The van der Waals surface area contributed by atoms with Crippen LogP contribution in [0.2, 0.25) is 0 Å². The molecule has 1 aromatic carbocycles. The Kier molecular flexibility index (Phi) is 4.58. The van der Waals surface area contributed by atoms with E-state index in [1.54, 1.807) is 0 Å². The number of carbonyl (C=O) groups is 2. The van der Waals surface area contributed by atoms with Crippen molar-refractivity contribution in [2.75, 3.05) is 11.9 Å². The third-order valence-electron chi connectivity index (χ3n) is 3.71. The molecule has 122 valence electrons. The number of fused-ring (bicyclic) bond motifs is 1. The van der Waals surface area contributed by atoms with E-state index in [-0.39, 0.29) is 5.56 Å². The maximum Gasteiger partial charge on any atom is 0.341 e. The van der Waals surface area contributed by atoms with Gasteiger partial charge >= 0.3 is 5.97 Å². The zero-order chi connectivity index (χ0) is 17.1. The number of esters is 1. The second kappa shape index (κ2) is 6.81. The van der Waals surface area contributed by atoms with Crippen molar-refractivity contribution >= 4 is 28.2 Å². The summed E-state index contributed by atoms with van der Waals surface area (Å²) in [6, 6.07) is 7.51. The van der Waals surface area contributed by atoms with Gasteiger partial charge in [-0.15, -0.1) is 11.3 Å². The minimum absolute atomic E-state index is 0.224. The van der Waals surface area contributed by atoms with Gasteiger partial charge in [0.15, 0.2) is 6.61 Å². The Morgan fingerprint density at radius 1 is 1.33 bits per heavy atom. The first-order valence-electron chi connectivity index (χ1n) is 7.36. The monoisotopic (exact) mass is 344 g/mol. The van der Waals surface area contributed by atoms with E-state index in [4.69, 9.17) is 4.74 Å². The van der Waals surface area contributed by atoms with Crippen LogP contribution in [0.1, 0.15) is 32.8 Å². The van der Waals surface area contributed by atoms with Crippen molar-refractivity contribution in [1.82, 2.24) is 0 Å². The number of hydrogen-bond acceptors (Lipinski definition) is 5. The van der Waals surface area contributed by atoms with Crippen LogP contribution < -0.4 is 5.32 Å². The smallest absolute Gasteiger partial charge is 0.341 e. The standard InChI is InChI=1S/C17H13FN2O3S/c18-13-6-2-1-4-11(13)17(22)23-9-15(21)20-16-12(8-19)10-5-3-7-14(10)24-16/h1-2,4,6H,3,5,7,9H2,(H,20,21). The van der Waals surface area contributed by atoms with Crippen molar-refractivity contribution in [3.05, 3.63) is 51.7 Å². The average molecular weight is 344 g/mol. The van der Waals surface area contributed by atoms with Crippen LogP contribution in [0.25, 0.3) is 0 Å². The summed E-state index contributed by atoms with van der Waals surface area (Å²) < 4.78 is 18.3. The van der Waals surface area contributed by atoms with Gasteiger partial charge in [0.1, 0.15) is 16.9 Å². The van der Waals surface area contributed by atoms with Gasteiger partial charge in [0, 0.05) is 4.88 Å². The summed E-state index contributed by atoms with van der Waals surface area (Å²) in [4.78, 5) is 24.8. The van der Waals surface area contributed by atoms with E-state index in [0.29, 0.717) is 10.6 Å². The third kappa shape index (κ3) is 3.14. The molecule has 1 amide bonds. The zero-order valence-electron chi connectivity index (χ0n) is 12.6. The molecule has 0 fully saturated rings. The van der Waals surface area contributed by atoms with Crippen molar-refractivity contribution < 1.29 is 18.7 Å². The lowest BCUT2D eigenvalue weighted by Gasteiger charge is -2.06. The summed E-state index contributed by atoms with van der Waals surface area (Å²) in [5.41, 5.74) is 1.26. The molecule has 5 nitrogen and oxygen atoms in total. The molecule has 3 rings (SSSR count). The Morgan fingerprint density at radius 2 is 2.12 bits per heavy atom. The largest absolute Gasteiger partial charge is 0.452 e. The predicted molar refractivity (Wildman–Crippen MR) is 86.4 cm³/mol. The Bertz CT molecular complexity index is 854. The fraction of sp³-hybridized carbons (Fsp3) is 0.235. The lowest BCUT2D eigenvalue weighted by Crippen LogP contribution is -2.21. The summed E-state index contributed by atoms with van der Waals surface area (Å²) in [6.07, 6.45) is 2.77. The molecule has 0 spiro atoms. The summed E-state index contributed by atoms with van der Waals surface area (Å²) in [7, 11) is 0. The molecule has 0 saturated carbocycles. The van der Waals surface area contributed by atoms with Crippen LogP contribution in [0.15, 0.2) is 24.3 Å². The van der Waals surface area contributed by atoms with Crippen molar-refractivity contribution in [2.24, 2.45) is 0 Å². The van der Waals surface area contributed by atoms with Crippen molar-refractivity contribution in [3.63, 3.8) is 0 Å². The van der Waals surface area contributed by atoms with Gasteiger partial charge in [0.2, 0.25) is 0 Å². The van der Waals surface area contributed by atoms with Crippen LogP contribution in [-0.4, -0.2) is 18.5 Å². The fourth-order valence-corrected chi connectivity index (χ4v) is 3.86. The van der Waals surface area contributed by atoms with Crippen molar-refractivity contribution in [2.45, 2.75) is 19.3 Å². The molecule has 1 N–H and O–H groups in total. The van der Waals surface area contributed by atoms with Crippen LogP contribution in [0.4, 0.5) is 9.39 Å². The van der Waals surface area contributed by atoms with Crippen LogP contribution in [0.5, 0.6) is 0 Å². The molecule has 0 radical (unpaired) electrons. The minimum Gasteiger partial charge on any atom is -0.452 e. The van der Waals surface area contributed by atoms with E-state index in [1.165, 1.54) is 29.5 Å². The number of rotatable bonds is 4. The van der Waals surface area contributed by atoms with Gasteiger partial charge in [-0.25, -0.2) is 9.18 Å². The number of nitrogens with one attached hydrogen (secondary N) is 1. The maximum atomic E-state index is 13.5. The van der Waals surface area contributed by atoms with Crippen LogP contribution in [0.3, 0.4) is 0 Å². The quantitative estimate of drug-likeness (QED) is 0.865. The first kappa shape index (κ1) is 16.1. The number of ether oxygens (including phenoxy) is 1. The molecule has 0 saturated heterocycles. The fourth-order valence-electron chi connectivity index (χ4n) is 2.61. The second-order valence-electron chi connectivity index (χ2n) is 5.28. The molecule has 0 aliphatic heterocycles. The molecule has 7 heteroatoms. The SMILES string of the molecule is N#Cc1c(NC(=O)COC(=O)c2ccccc2F)sc2c1CCC2. The first-order chi connectivity index (χ1) is 11.6. The van der Waals surface area contributed by atoms with Gasteiger partial charge in [-0.05, 0) is 37.0 Å². The average Bonchev–Trinajstić information content (AvgIpc) is 3.13. The number of nitrogens with zero attached hydrogens (tertiary/aromatic N) is 1. The van der Waals surface area contributed by atoms with Crippen molar-refractivity contribution in [3.8, 4) is 6.07 Å². The van der Waals surface area contributed by atoms with E-state index >= 15 is 0 Å². The molecular formula is C17H13FN2O3S. The number of carbonyl (C=O) groups excluding carboxylic acids is 2. The number of hydrogen-bond donors (Lipinski definition) is 1. The number of anilines is 1. The number of aryl methyl sites for hydroxylation is 1. The summed E-state index contributed by atoms with van der Waals surface area (Å²) in [5, 5.41) is 12.3. The summed E-state index contributed by atoms with van der Waals surface area (Å²) >= 11 is 1.38. The van der Waals surface area contributed by atoms with Gasteiger partial charge in [0.25, 0.3) is 5.91 Å². The Balaban J connectivity index is 1.62. The lowest BCUT2D eigenvalue weighted by molar-refractivity contribution is -0.119. The highest BCUT2D eigenvalue weighted by atomic mass is 32.1. The number of amides is 1. The molecule has 1 aliphatic carbocycles. The Labute approximate surface area is 141 Å². The predicted octanol–water partition coefficient (Wildman–Crippen LogP) is 3.04. The normalized spacial score (nSPS) is 12.3. The third-order valence-corrected chi connectivity index (χ3v) is 4.92. The van der Waals surface area contributed by atoms with E-state index in [1.807, 2.05) is 0 Å². The number of nitriles is 1.